The van der Waals surface area contributed by atoms with Gasteiger partial charge in [-0.3, -0.25) is 0 Å². The number of fused-ring (bicyclic) bond motifs is 1. The molecule has 0 saturated carbocycles. The topological polar surface area (TPSA) is 4.93 Å². The van der Waals surface area contributed by atoms with E-state index in [1.54, 1.807) is 0 Å². The van der Waals surface area contributed by atoms with E-state index in [2.05, 4.69) is 50.2 Å². The van der Waals surface area contributed by atoms with Gasteiger partial charge in [-0.15, -0.1) is 0 Å². The van der Waals surface area contributed by atoms with E-state index in [1.165, 1.54) is 10.9 Å². The first-order chi connectivity index (χ1) is 7.86. The van der Waals surface area contributed by atoms with E-state index in [9.17, 15) is 0 Å². The predicted molar refractivity (Wildman–Crippen MR) is 70.1 cm³/mol. The first kappa shape index (κ1) is 9.50. The molecule has 0 amide bonds. The number of hydrogen-bond acceptors (Lipinski definition) is 0. The Kier molecular flexibility index (Phi) is 2.19. The Morgan fingerprint density at radius 3 is 2.81 bits per heavy atom. The molecule has 0 N–H and O–H groups in total. The van der Waals surface area contributed by atoms with Crippen LogP contribution < -0.4 is 0 Å². The fourth-order valence-electron chi connectivity index (χ4n) is 1.86. The molecule has 2 aromatic rings. The fraction of sp³-hybridized carbons (Fsp3) is 0. The van der Waals surface area contributed by atoms with E-state index in [1.807, 2.05) is 30.4 Å². The number of nitrogens with zero attached hydrogens (tertiary/aromatic N) is 1. The highest BCUT2D eigenvalue weighted by molar-refractivity contribution is 9.10. The molecular formula is C14H8BrN. The summed E-state index contributed by atoms with van der Waals surface area (Å²) in [5.41, 5.74) is 8.16. The van der Waals surface area contributed by atoms with Gasteiger partial charge >= 0.3 is 0 Å². The summed E-state index contributed by atoms with van der Waals surface area (Å²) < 4.78 is 3.20. The molecule has 3 rings (SSSR count). The maximum absolute atomic E-state index is 3.59. The van der Waals surface area contributed by atoms with Gasteiger partial charge in [0, 0.05) is 11.5 Å². The molecule has 1 nitrogen and oxygen atoms in total. The summed E-state index contributed by atoms with van der Waals surface area (Å²) in [4.78, 5) is 0. The number of hydrogen-bond donors (Lipinski definition) is 0. The number of benzene rings is 1. The summed E-state index contributed by atoms with van der Waals surface area (Å²) in [5, 5.41) is 1.22. The Bertz CT molecular complexity index is 691. The van der Waals surface area contributed by atoms with Crippen molar-refractivity contribution in [2.75, 3.05) is 0 Å². The van der Waals surface area contributed by atoms with E-state index >= 15 is 0 Å². The van der Waals surface area contributed by atoms with E-state index < -0.39 is 0 Å². The van der Waals surface area contributed by atoms with Crippen molar-refractivity contribution in [2.24, 2.45) is 0 Å². The van der Waals surface area contributed by atoms with Crippen LogP contribution in [0.15, 0.2) is 64.6 Å². The van der Waals surface area contributed by atoms with Gasteiger partial charge in [0.1, 0.15) is 0 Å². The highest BCUT2D eigenvalue weighted by Gasteiger charge is 2.08. The zero-order valence-corrected chi connectivity index (χ0v) is 10.0. The number of halogens is 1. The molecule has 0 unspecified atom stereocenters. The Morgan fingerprint density at radius 2 is 2.00 bits per heavy atom. The normalized spacial score (nSPS) is 13.4. The first-order valence-corrected chi connectivity index (χ1v) is 5.80. The molecular weight excluding hydrogens is 262 g/mol. The van der Waals surface area contributed by atoms with Crippen molar-refractivity contribution in [3.8, 4) is 0 Å². The van der Waals surface area contributed by atoms with Crippen LogP contribution in [0, 0.1) is 0 Å². The lowest BCUT2D eigenvalue weighted by Crippen LogP contribution is -1.94. The van der Waals surface area contributed by atoms with Crippen molar-refractivity contribution in [1.29, 1.82) is 0 Å². The average Bonchev–Trinajstić information content (AvgIpc) is 2.66. The lowest BCUT2D eigenvalue weighted by atomic mass is 10.2. The van der Waals surface area contributed by atoms with Gasteiger partial charge in [0.05, 0.1) is 15.8 Å². The van der Waals surface area contributed by atoms with E-state index in [0.717, 1.165) is 10.3 Å². The van der Waals surface area contributed by atoms with Crippen LogP contribution in [0.3, 0.4) is 0 Å². The van der Waals surface area contributed by atoms with Gasteiger partial charge in [-0.2, -0.15) is 0 Å². The Morgan fingerprint density at radius 1 is 1.12 bits per heavy atom. The molecule has 0 atom stereocenters. The summed E-state index contributed by atoms with van der Waals surface area (Å²) in [5.74, 6) is 0. The third-order valence-electron chi connectivity index (χ3n) is 2.56. The van der Waals surface area contributed by atoms with Crippen molar-refractivity contribution in [2.45, 2.75) is 0 Å². The molecule has 0 fully saturated rings. The van der Waals surface area contributed by atoms with E-state index in [4.69, 9.17) is 0 Å². The highest BCUT2D eigenvalue weighted by atomic mass is 79.9. The molecule has 1 aliphatic rings. The summed E-state index contributed by atoms with van der Waals surface area (Å²) in [6.07, 6.45) is 5.82. The number of para-hydroxylation sites is 1. The maximum Gasteiger partial charge on any atom is 0.0903 e. The van der Waals surface area contributed by atoms with Crippen LogP contribution in [0.25, 0.3) is 16.6 Å². The SMILES string of the molecule is Brc1cc2ccccc2n1C1=CC=C=C=C1. The standard InChI is InChI=1S/C14H8BrN/c15-14-10-11-6-4-5-9-13(11)16(14)12-7-2-1-3-8-12/h2,4-10H. The molecule has 0 saturated heterocycles. The van der Waals surface area contributed by atoms with Crippen LogP contribution in [-0.2, 0) is 0 Å². The lowest BCUT2D eigenvalue weighted by Gasteiger charge is -2.07. The van der Waals surface area contributed by atoms with Crippen LogP contribution in [0.2, 0.25) is 0 Å². The summed E-state index contributed by atoms with van der Waals surface area (Å²) in [6.45, 7) is 0. The second kappa shape index (κ2) is 3.70. The molecule has 1 aliphatic carbocycles. The van der Waals surface area contributed by atoms with Crippen molar-refractivity contribution < 1.29 is 0 Å². The van der Waals surface area contributed by atoms with Crippen LogP contribution in [0.1, 0.15) is 0 Å². The summed E-state index contributed by atoms with van der Waals surface area (Å²) in [7, 11) is 0. The van der Waals surface area contributed by atoms with Gasteiger partial charge < -0.3 is 4.57 Å². The number of allylic oxidation sites excluding steroid dienone is 4. The van der Waals surface area contributed by atoms with Crippen molar-refractivity contribution in [1.82, 2.24) is 4.57 Å². The first-order valence-electron chi connectivity index (χ1n) is 5.00. The molecule has 1 aromatic heterocycles. The lowest BCUT2D eigenvalue weighted by molar-refractivity contribution is 1.14. The average molecular weight is 270 g/mol. The number of rotatable bonds is 1. The van der Waals surface area contributed by atoms with Crippen LogP contribution in [0.4, 0.5) is 0 Å². The molecule has 0 spiro atoms. The molecule has 0 bridgehead atoms. The fourth-order valence-corrected chi connectivity index (χ4v) is 2.50. The molecule has 1 heterocycles. The summed E-state index contributed by atoms with van der Waals surface area (Å²) >= 11 is 3.59. The Balaban J connectivity index is 2.31. The van der Waals surface area contributed by atoms with Gasteiger partial charge in [0.25, 0.3) is 0 Å². The second-order valence-corrected chi connectivity index (χ2v) is 4.36. The number of aromatic nitrogens is 1. The zero-order valence-electron chi connectivity index (χ0n) is 8.44. The minimum absolute atomic E-state index is 1.05. The van der Waals surface area contributed by atoms with Gasteiger partial charge in [-0.05, 0) is 40.2 Å². The largest absolute Gasteiger partial charge is 0.303 e. The smallest absolute Gasteiger partial charge is 0.0903 e. The molecule has 16 heavy (non-hydrogen) atoms. The Hall–Kier alpha value is -1.72. The molecule has 0 aliphatic heterocycles. The molecule has 1 aromatic carbocycles. The van der Waals surface area contributed by atoms with Crippen molar-refractivity contribution >= 4 is 32.5 Å². The minimum Gasteiger partial charge on any atom is -0.303 e. The van der Waals surface area contributed by atoms with E-state index in [-0.39, 0.29) is 0 Å². The highest BCUT2D eigenvalue weighted by Crippen LogP contribution is 2.28. The molecule has 76 valence electrons. The molecule has 2 heteroatoms. The second-order valence-electron chi connectivity index (χ2n) is 3.55. The van der Waals surface area contributed by atoms with E-state index in [0.29, 0.717) is 0 Å². The quantitative estimate of drug-likeness (QED) is 0.687. The third-order valence-corrected chi connectivity index (χ3v) is 3.15. The maximum atomic E-state index is 3.59. The Labute approximate surface area is 102 Å². The minimum atomic E-state index is 1.05. The predicted octanol–water partition coefficient (Wildman–Crippen LogP) is 4.12. The van der Waals surface area contributed by atoms with Crippen LogP contribution in [0.5, 0.6) is 0 Å². The van der Waals surface area contributed by atoms with Gasteiger partial charge in [0.2, 0.25) is 0 Å². The van der Waals surface area contributed by atoms with Gasteiger partial charge in [-0.25, -0.2) is 0 Å². The monoisotopic (exact) mass is 269 g/mol. The summed E-state index contributed by atoms with van der Waals surface area (Å²) in [6, 6.07) is 10.4. The van der Waals surface area contributed by atoms with Crippen molar-refractivity contribution in [3.05, 3.63) is 64.6 Å². The zero-order chi connectivity index (χ0) is 11.0. The van der Waals surface area contributed by atoms with Gasteiger partial charge in [-0.1, -0.05) is 29.7 Å². The van der Waals surface area contributed by atoms with Crippen LogP contribution in [-0.4, -0.2) is 4.57 Å². The van der Waals surface area contributed by atoms with Gasteiger partial charge in [0.15, 0.2) is 0 Å². The third kappa shape index (κ3) is 1.41. The molecule has 0 radical (unpaired) electrons. The van der Waals surface area contributed by atoms with Crippen LogP contribution >= 0.6 is 15.9 Å². The van der Waals surface area contributed by atoms with Crippen molar-refractivity contribution in [3.63, 3.8) is 0 Å².